The number of nitrogens with zero attached hydrogens (tertiary/aromatic N) is 4. The molecule has 4 amide bonds. The number of nitrogens with one attached hydrogen (secondary N) is 3. The summed E-state index contributed by atoms with van der Waals surface area (Å²) in [4.78, 5) is 65.9. The highest BCUT2D eigenvalue weighted by atomic mass is 32.2. The van der Waals surface area contributed by atoms with Crippen LogP contribution in [0.2, 0.25) is 0 Å². The summed E-state index contributed by atoms with van der Waals surface area (Å²) in [6.07, 6.45) is 4.76. The van der Waals surface area contributed by atoms with Gasteiger partial charge in [0.25, 0.3) is 5.91 Å². The molecule has 2 aliphatic carbocycles. The normalized spacial score (nSPS) is 26.5. The number of fused-ring (bicyclic) bond motifs is 3. The minimum atomic E-state index is -3.91. The van der Waals surface area contributed by atoms with Gasteiger partial charge >= 0.3 is 6.09 Å². The van der Waals surface area contributed by atoms with Gasteiger partial charge in [-0.2, -0.15) is 4.98 Å². The van der Waals surface area contributed by atoms with Crippen LogP contribution in [-0.4, -0.2) is 129 Å². The Kier molecular flexibility index (Phi) is 11.3. The molecule has 2 saturated carbocycles. The van der Waals surface area contributed by atoms with Crippen LogP contribution in [0.15, 0.2) is 36.4 Å². The summed E-state index contributed by atoms with van der Waals surface area (Å²) >= 11 is 0. The van der Waals surface area contributed by atoms with Crippen molar-refractivity contribution in [1.82, 2.24) is 30.1 Å². The molecule has 1 aromatic carbocycles. The summed E-state index contributed by atoms with van der Waals surface area (Å²) < 4.78 is 45.5. The van der Waals surface area contributed by atoms with E-state index in [4.69, 9.17) is 19.2 Å². The van der Waals surface area contributed by atoms with E-state index in [9.17, 15) is 27.6 Å². The van der Waals surface area contributed by atoms with Gasteiger partial charge in [-0.25, -0.2) is 13.2 Å². The van der Waals surface area contributed by atoms with Crippen LogP contribution in [0.1, 0.15) is 59.3 Å². The lowest BCUT2D eigenvalue weighted by Crippen LogP contribution is -2.59. The predicted molar refractivity (Wildman–Crippen MR) is 205 cm³/mol. The van der Waals surface area contributed by atoms with Crippen molar-refractivity contribution in [3.8, 4) is 11.6 Å². The molecule has 2 aromatic rings. The third kappa shape index (κ3) is 9.26. The molecule has 300 valence electrons. The van der Waals surface area contributed by atoms with Crippen LogP contribution in [0, 0.1) is 5.92 Å². The van der Waals surface area contributed by atoms with Crippen molar-refractivity contribution in [2.45, 2.75) is 93.9 Å². The van der Waals surface area contributed by atoms with Gasteiger partial charge in [0.2, 0.25) is 27.7 Å². The monoisotopic (exact) mass is 783 g/mol. The van der Waals surface area contributed by atoms with E-state index in [0.29, 0.717) is 55.1 Å². The molecule has 16 nitrogen and oxygen atoms in total. The maximum absolute atomic E-state index is 14.6. The fraction of sp³-hybridized carbons (Fsp3) is 0.605. The van der Waals surface area contributed by atoms with Crippen LogP contribution in [-0.2, 0) is 29.1 Å². The van der Waals surface area contributed by atoms with E-state index in [0.717, 1.165) is 5.39 Å². The third-order valence-electron chi connectivity index (χ3n) is 10.3. The van der Waals surface area contributed by atoms with Crippen LogP contribution in [0.25, 0.3) is 10.8 Å². The second-order valence-electron chi connectivity index (χ2n) is 16.2. The Morgan fingerprint density at radius 3 is 2.53 bits per heavy atom. The fourth-order valence-electron chi connectivity index (χ4n) is 7.11. The summed E-state index contributed by atoms with van der Waals surface area (Å²) in [6.45, 7) is 5.83. The minimum Gasteiger partial charge on any atom is -0.497 e. The number of alkyl carbamates (subject to hydrolysis) is 1. The number of benzene rings is 1. The van der Waals surface area contributed by atoms with Gasteiger partial charge in [-0.1, -0.05) is 12.2 Å². The molecule has 1 saturated heterocycles. The number of likely N-dealkylation sites (N-methyl/N-ethyl adjacent to an activating group) is 1. The van der Waals surface area contributed by atoms with Gasteiger partial charge in [-0.3, -0.25) is 19.1 Å². The minimum absolute atomic E-state index is 0.0245. The first-order chi connectivity index (χ1) is 25.9. The van der Waals surface area contributed by atoms with Crippen molar-refractivity contribution in [2.75, 3.05) is 52.8 Å². The predicted octanol–water partition coefficient (Wildman–Crippen LogP) is 2.32. The largest absolute Gasteiger partial charge is 0.497 e. The van der Waals surface area contributed by atoms with Gasteiger partial charge in [0, 0.05) is 38.4 Å². The second-order valence-corrected chi connectivity index (χ2v) is 18.2. The Labute approximate surface area is 322 Å². The zero-order valence-corrected chi connectivity index (χ0v) is 33.4. The number of carbonyl (C=O) groups excluding carboxylic acids is 4. The summed E-state index contributed by atoms with van der Waals surface area (Å²) in [5.74, 6) is -0.875. The lowest BCUT2D eigenvalue weighted by molar-refractivity contribution is -0.141. The number of anilines is 1. The van der Waals surface area contributed by atoms with Crippen LogP contribution >= 0.6 is 0 Å². The molecule has 3 N–H and O–H groups in total. The van der Waals surface area contributed by atoms with Crippen LogP contribution < -0.4 is 29.7 Å². The molecule has 5 atom stereocenters. The highest BCUT2D eigenvalue weighted by molar-refractivity contribution is 7.91. The van der Waals surface area contributed by atoms with E-state index in [-0.39, 0.29) is 25.9 Å². The second kappa shape index (κ2) is 15.5. The lowest BCUT2D eigenvalue weighted by atomic mass is 10.1. The van der Waals surface area contributed by atoms with E-state index in [2.05, 4.69) is 15.4 Å². The molecule has 3 heterocycles. The molecule has 17 heteroatoms. The van der Waals surface area contributed by atoms with E-state index in [1.165, 1.54) is 4.90 Å². The Morgan fingerprint density at radius 2 is 1.85 bits per heavy atom. The van der Waals surface area contributed by atoms with Crippen molar-refractivity contribution in [3.05, 3.63) is 36.4 Å². The number of carbonyl (C=O) groups is 4. The Hall–Kier alpha value is -4.64. The number of rotatable bonds is 8. The number of hydrogen-bond acceptors (Lipinski definition) is 12. The number of pyridine rings is 1. The maximum atomic E-state index is 14.6. The fourth-order valence-corrected chi connectivity index (χ4v) is 8.48. The highest BCUT2D eigenvalue weighted by Crippen LogP contribution is 2.46. The van der Waals surface area contributed by atoms with E-state index in [1.807, 2.05) is 61.3 Å². The molecule has 4 aliphatic rings. The van der Waals surface area contributed by atoms with Gasteiger partial charge < -0.3 is 39.5 Å². The van der Waals surface area contributed by atoms with Crippen LogP contribution in [0.4, 0.5) is 10.6 Å². The first kappa shape index (κ1) is 40.0. The summed E-state index contributed by atoms with van der Waals surface area (Å²) in [7, 11) is 3.22. The number of aromatic nitrogens is 1. The van der Waals surface area contributed by atoms with E-state index >= 15 is 0 Å². The zero-order chi connectivity index (χ0) is 39.9. The van der Waals surface area contributed by atoms with Crippen molar-refractivity contribution in [2.24, 2.45) is 5.92 Å². The van der Waals surface area contributed by atoms with E-state index < -0.39 is 74.3 Å². The van der Waals surface area contributed by atoms with Crippen LogP contribution in [0.5, 0.6) is 11.6 Å². The van der Waals surface area contributed by atoms with Gasteiger partial charge in [0.15, 0.2) is 0 Å². The average molecular weight is 784 g/mol. The Bertz CT molecular complexity index is 1960. The third-order valence-corrected chi connectivity index (χ3v) is 12.1. The summed E-state index contributed by atoms with van der Waals surface area (Å²) in [5, 5.41) is 6.48. The van der Waals surface area contributed by atoms with Gasteiger partial charge in [-0.05, 0) is 96.1 Å². The number of hydrogen-bond donors (Lipinski definition) is 3. The van der Waals surface area contributed by atoms with Crippen molar-refractivity contribution in [3.63, 3.8) is 0 Å². The number of allylic oxidation sites excluding steroid dienone is 1. The smallest absolute Gasteiger partial charge is 0.408 e. The molecule has 0 spiro atoms. The summed E-state index contributed by atoms with van der Waals surface area (Å²) in [6, 6.07) is 5.14. The lowest BCUT2D eigenvalue weighted by Gasteiger charge is -2.32. The molecule has 0 bridgehead atoms. The molecule has 2 aliphatic heterocycles. The average Bonchev–Trinajstić information content (AvgIpc) is 4.03. The quantitative estimate of drug-likeness (QED) is 0.332. The number of sulfonamides is 1. The van der Waals surface area contributed by atoms with Crippen molar-refractivity contribution >= 4 is 50.4 Å². The molecule has 2 unspecified atom stereocenters. The molecule has 3 fully saturated rings. The van der Waals surface area contributed by atoms with Crippen molar-refractivity contribution < 1.29 is 41.8 Å². The SMILES string of the molecule is COc1ccc2c(OC3C[C@H]4C(=O)N[C@]5(C(=O)NS(=O)(=O)C6CC6)CC5C=CCCCN(C)C[C@H](NC(=O)OC(C)(C)C)C(=O)N4C3)nc(N(C)C)cc2c1. The first-order valence-electron chi connectivity index (χ1n) is 18.7. The first-order valence-corrected chi connectivity index (χ1v) is 20.3. The molecule has 55 heavy (non-hydrogen) atoms. The maximum Gasteiger partial charge on any atom is 0.408 e. The molecule has 6 rings (SSSR count). The van der Waals surface area contributed by atoms with Gasteiger partial charge in [0.05, 0.1) is 18.9 Å². The Balaban J connectivity index is 1.35. The van der Waals surface area contributed by atoms with Gasteiger partial charge in [-0.15, -0.1) is 0 Å². The topological polar surface area (TPSA) is 189 Å². The van der Waals surface area contributed by atoms with Gasteiger partial charge in [0.1, 0.15) is 40.9 Å². The molecule has 1 aromatic heterocycles. The Morgan fingerprint density at radius 1 is 1.11 bits per heavy atom. The van der Waals surface area contributed by atoms with Crippen LogP contribution in [0.3, 0.4) is 0 Å². The number of amides is 4. The molecule has 0 radical (unpaired) electrons. The molecular weight excluding hydrogens is 731 g/mol. The number of methoxy groups -OCH3 is 1. The zero-order valence-electron chi connectivity index (χ0n) is 32.6. The van der Waals surface area contributed by atoms with E-state index in [1.54, 1.807) is 33.9 Å². The summed E-state index contributed by atoms with van der Waals surface area (Å²) in [5.41, 5.74) is -2.35. The standard InChI is InChI=1S/C38H53N7O9S/c1-37(2,3)54-36(49)39-29-22-44(6)16-10-8-9-11-24-20-38(24,35(48)42-55(50,51)27-13-14-27)41-32(46)30-19-26(21-45(30)34(29)47)53-33-28-15-12-25(52-7)17-23(28)18-31(40-33)43(4)5/h9,11-12,15,17-18,24,26-27,29-30H,8,10,13-14,16,19-22H2,1-7H3,(H,39,49)(H,41,46)(H,42,48)/t24?,26?,29-,30-,38+/m0/s1. The number of ether oxygens (including phenoxy) is 3. The molecular formula is C38H53N7O9S. The highest BCUT2D eigenvalue weighted by Gasteiger charge is 2.62. The van der Waals surface area contributed by atoms with Crippen molar-refractivity contribution in [1.29, 1.82) is 0 Å².